The molecular formula is C16H14FN3. The summed E-state index contributed by atoms with van der Waals surface area (Å²) >= 11 is 0. The highest BCUT2D eigenvalue weighted by atomic mass is 19.1. The van der Waals surface area contributed by atoms with Gasteiger partial charge >= 0.3 is 0 Å². The van der Waals surface area contributed by atoms with Crippen LogP contribution in [0.25, 0.3) is 10.8 Å². The monoisotopic (exact) mass is 267 g/mol. The van der Waals surface area contributed by atoms with Gasteiger partial charge < -0.3 is 5.32 Å². The van der Waals surface area contributed by atoms with Gasteiger partial charge in [-0.2, -0.15) is 0 Å². The lowest BCUT2D eigenvalue weighted by Crippen LogP contribution is -2.19. The van der Waals surface area contributed by atoms with Gasteiger partial charge in [-0.05, 0) is 24.6 Å². The lowest BCUT2D eigenvalue weighted by Gasteiger charge is -2.17. The van der Waals surface area contributed by atoms with Crippen molar-refractivity contribution in [3.8, 4) is 0 Å². The number of fused-ring (bicyclic) bond motifs is 1. The highest BCUT2D eigenvalue weighted by Gasteiger charge is 2.16. The van der Waals surface area contributed by atoms with Crippen LogP contribution in [0.5, 0.6) is 0 Å². The molecular weight excluding hydrogens is 253 g/mol. The minimum absolute atomic E-state index is 0.116. The molecule has 0 aliphatic rings. The van der Waals surface area contributed by atoms with Crippen LogP contribution in [0.3, 0.4) is 0 Å². The van der Waals surface area contributed by atoms with Gasteiger partial charge in [-0.1, -0.05) is 24.3 Å². The van der Waals surface area contributed by atoms with E-state index in [0.29, 0.717) is 0 Å². The first-order valence-corrected chi connectivity index (χ1v) is 6.41. The highest BCUT2D eigenvalue weighted by Crippen LogP contribution is 2.26. The molecule has 0 spiro atoms. The number of pyridine rings is 2. The molecule has 0 aliphatic heterocycles. The Morgan fingerprint density at radius 2 is 1.90 bits per heavy atom. The number of hydrogen-bond acceptors (Lipinski definition) is 3. The molecule has 0 saturated heterocycles. The van der Waals surface area contributed by atoms with Crippen LogP contribution in [-0.4, -0.2) is 17.0 Å². The van der Waals surface area contributed by atoms with Crippen LogP contribution in [-0.2, 0) is 0 Å². The molecule has 3 rings (SSSR count). The normalized spacial score (nSPS) is 12.5. The summed E-state index contributed by atoms with van der Waals surface area (Å²) in [4.78, 5) is 8.45. The third kappa shape index (κ3) is 2.26. The van der Waals surface area contributed by atoms with Gasteiger partial charge in [-0.3, -0.25) is 9.97 Å². The summed E-state index contributed by atoms with van der Waals surface area (Å²) in [5.74, 6) is -0.334. The predicted molar refractivity (Wildman–Crippen MR) is 76.8 cm³/mol. The van der Waals surface area contributed by atoms with Crippen molar-refractivity contribution in [3.63, 3.8) is 0 Å². The second-order valence-corrected chi connectivity index (χ2v) is 4.57. The van der Waals surface area contributed by atoms with E-state index in [0.717, 1.165) is 22.0 Å². The SMILES string of the molecule is CNC(c1ccc(F)cn1)c1cncc2ccccc12. The Bertz CT molecular complexity index is 720. The minimum Gasteiger partial charge on any atom is -0.308 e. The topological polar surface area (TPSA) is 37.8 Å². The van der Waals surface area contributed by atoms with E-state index in [2.05, 4.69) is 21.4 Å². The fourth-order valence-corrected chi connectivity index (χ4v) is 2.39. The summed E-state index contributed by atoms with van der Waals surface area (Å²) in [5, 5.41) is 5.42. The van der Waals surface area contributed by atoms with E-state index < -0.39 is 0 Å². The van der Waals surface area contributed by atoms with Gasteiger partial charge in [0.1, 0.15) is 5.82 Å². The van der Waals surface area contributed by atoms with Crippen molar-refractivity contribution in [2.24, 2.45) is 0 Å². The van der Waals surface area contributed by atoms with Crippen LogP contribution in [0.4, 0.5) is 4.39 Å². The predicted octanol–water partition coefficient (Wildman–Crippen LogP) is 3.08. The van der Waals surface area contributed by atoms with Crippen molar-refractivity contribution in [3.05, 3.63) is 72.1 Å². The quantitative estimate of drug-likeness (QED) is 0.792. The molecule has 20 heavy (non-hydrogen) atoms. The number of halogens is 1. The average Bonchev–Trinajstić information content (AvgIpc) is 2.50. The van der Waals surface area contributed by atoms with Crippen molar-refractivity contribution >= 4 is 10.8 Å². The lowest BCUT2D eigenvalue weighted by atomic mass is 9.99. The number of benzene rings is 1. The summed E-state index contributed by atoms with van der Waals surface area (Å²) in [5.41, 5.74) is 1.80. The summed E-state index contributed by atoms with van der Waals surface area (Å²) in [6, 6.07) is 11.1. The molecule has 1 unspecified atom stereocenters. The van der Waals surface area contributed by atoms with Gasteiger partial charge in [0.15, 0.2) is 0 Å². The molecule has 0 fully saturated rings. The first-order valence-electron chi connectivity index (χ1n) is 6.41. The smallest absolute Gasteiger partial charge is 0.141 e. The van der Waals surface area contributed by atoms with Crippen molar-refractivity contribution in [2.75, 3.05) is 7.05 Å². The molecule has 2 aromatic heterocycles. The Labute approximate surface area is 116 Å². The molecule has 3 aromatic rings. The van der Waals surface area contributed by atoms with E-state index in [1.165, 1.54) is 12.3 Å². The first kappa shape index (κ1) is 12.7. The molecule has 0 radical (unpaired) electrons. The van der Waals surface area contributed by atoms with Gasteiger partial charge in [0, 0.05) is 23.3 Å². The third-order valence-corrected chi connectivity index (χ3v) is 3.34. The first-order chi connectivity index (χ1) is 9.79. The maximum atomic E-state index is 13.0. The van der Waals surface area contributed by atoms with E-state index in [-0.39, 0.29) is 11.9 Å². The summed E-state index contributed by atoms with van der Waals surface area (Å²) in [7, 11) is 1.86. The highest BCUT2D eigenvalue weighted by molar-refractivity contribution is 5.85. The summed E-state index contributed by atoms with van der Waals surface area (Å²) in [6.45, 7) is 0. The zero-order valence-corrected chi connectivity index (χ0v) is 11.0. The zero-order chi connectivity index (χ0) is 13.9. The van der Waals surface area contributed by atoms with Crippen molar-refractivity contribution < 1.29 is 4.39 Å². The molecule has 100 valence electrons. The minimum atomic E-state index is -0.334. The maximum absolute atomic E-state index is 13.0. The molecule has 0 amide bonds. The van der Waals surface area contributed by atoms with Crippen LogP contribution in [0.15, 0.2) is 55.0 Å². The van der Waals surface area contributed by atoms with Gasteiger partial charge in [0.05, 0.1) is 17.9 Å². The third-order valence-electron chi connectivity index (χ3n) is 3.34. The van der Waals surface area contributed by atoms with Crippen LogP contribution < -0.4 is 5.32 Å². The number of rotatable bonds is 3. The molecule has 2 heterocycles. The number of hydrogen-bond donors (Lipinski definition) is 1. The maximum Gasteiger partial charge on any atom is 0.141 e. The number of nitrogens with zero attached hydrogens (tertiary/aromatic N) is 2. The van der Waals surface area contributed by atoms with Crippen LogP contribution in [0, 0.1) is 5.82 Å². The Morgan fingerprint density at radius 1 is 1.05 bits per heavy atom. The summed E-state index contributed by atoms with van der Waals surface area (Å²) in [6.07, 6.45) is 4.90. The van der Waals surface area contributed by atoms with E-state index in [1.807, 2.05) is 37.6 Å². The van der Waals surface area contributed by atoms with Gasteiger partial charge in [0.2, 0.25) is 0 Å². The molecule has 3 nitrogen and oxygen atoms in total. The fraction of sp³-hybridized carbons (Fsp3) is 0.125. The Hall–Kier alpha value is -2.33. The van der Waals surface area contributed by atoms with Crippen LogP contribution in [0.1, 0.15) is 17.3 Å². The number of aromatic nitrogens is 2. The molecule has 1 atom stereocenters. The van der Waals surface area contributed by atoms with E-state index >= 15 is 0 Å². The van der Waals surface area contributed by atoms with Crippen molar-refractivity contribution in [1.82, 2.24) is 15.3 Å². The largest absolute Gasteiger partial charge is 0.308 e. The standard InChI is InChI=1S/C16H14FN3/c1-18-16(15-7-6-12(17)9-20-15)14-10-19-8-11-4-2-3-5-13(11)14/h2-10,16,18H,1H3. The molecule has 1 N–H and O–H groups in total. The number of nitrogens with one attached hydrogen (secondary N) is 1. The molecule has 1 aromatic carbocycles. The van der Waals surface area contributed by atoms with Crippen LogP contribution >= 0.6 is 0 Å². The lowest BCUT2D eigenvalue weighted by molar-refractivity contribution is 0.610. The second kappa shape index (κ2) is 5.35. The van der Waals surface area contributed by atoms with Crippen molar-refractivity contribution in [2.45, 2.75) is 6.04 Å². The summed E-state index contributed by atoms with van der Waals surface area (Å²) < 4.78 is 13.0. The Morgan fingerprint density at radius 3 is 2.65 bits per heavy atom. The van der Waals surface area contributed by atoms with Gasteiger partial charge in [0.25, 0.3) is 0 Å². The van der Waals surface area contributed by atoms with E-state index in [4.69, 9.17) is 0 Å². The zero-order valence-electron chi connectivity index (χ0n) is 11.0. The fourth-order valence-electron chi connectivity index (χ4n) is 2.39. The van der Waals surface area contributed by atoms with E-state index in [9.17, 15) is 4.39 Å². The average molecular weight is 267 g/mol. The molecule has 0 saturated carbocycles. The van der Waals surface area contributed by atoms with Crippen LogP contribution in [0.2, 0.25) is 0 Å². The Kier molecular flexibility index (Phi) is 3.39. The molecule has 0 bridgehead atoms. The molecule has 4 heteroatoms. The van der Waals surface area contributed by atoms with Gasteiger partial charge in [-0.25, -0.2) is 4.39 Å². The van der Waals surface area contributed by atoms with Gasteiger partial charge in [-0.15, -0.1) is 0 Å². The second-order valence-electron chi connectivity index (χ2n) is 4.57. The van der Waals surface area contributed by atoms with E-state index in [1.54, 1.807) is 6.07 Å². The Balaban J connectivity index is 2.14. The molecule has 0 aliphatic carbocycles. The van der Waals surface area contributed by atoms with Crippen molar-refractivity contribution in [1.29, 1.82) is 0 Å².